The molecule has 4 heterocycles. The number of ether oxygens (including phenoxy) is 5. The molecule has 0 spiro atoms. The van der Waals surface area contributed by atoms with Gasteiger partial charge in [0.25, 0.3) is 23.6 Å². The van der Waals surface area contributed by atoms with Crippen molar-refractivity contribution in [2.45, 2.75) is 12.2 Å². The number of esters is 2. The third-order valence-electron chi connectivity index (χ3n) is 8.26. The summed E-state index contributed by atoms with van der Waals surface area (Å²) >= 11 is 0. The molecule has 0 N–H and O–H groups in total. The van der Waals surface area contributed by atoms with E-state index in [1.165, 1.54) is 54.6 Å². The molecule has 2 atom stereocenters. The van der Waals surface area contributed by atoms with Crippen molar-refractivity contribution in [3.8, 4) is 11.5 Å². The van der Waals surface area contributed by atoms with Crippen LogP contribution in [0.15, 0.2) is 84.9 Å². The molecular formula is C36H24N2O11. The van der Waals surface area contributed by atoms with Crippen molar-refractivity contribution in [1.82, 2.24) is 0 Å². The van der Waals surface area contributed by atoms with Gasteiger partial charge in [-0.25, -0.2) is 19.4 Å². The van der Waals surface area contributed by atoms with Crippen molar-refractivity contribution in [3.63, 3.8) is 0 Å². The molecule has 8 rings (SSSR count). The fraction of sp³-hybridized carbons (Fsp3) is 0.167. The summed E-state index contributed by atoms with van der Waals surface area (Å²) in [6, 6.07) is 21.0. The summed E-state index contributed by atoms with van der Waals surface area (Å²) in [5.41, 5.74) is 1.33. The zero-order chi connectivity index (χ0) is 33.8. The van der Waals surface area contributed by atoms with Crippen LogP contribution in [0, 0.1) is 0 Å². The fourth-order valence-electron chi connectivity index (χ4n) is 5.52. The number of nitrogens with zero attached hydrogens (tertiary/aromatic N) is 2. The number of fused-ring (bicyclic) bond motifs is 2. The lowest BCUT2D eigenvalue weighted by Crippen LogP contribution is -2.29. The van der Waals surface area contributed by atoms with Crippen LogP contribution in [0.5, 0.6) is 11.5 Å². The summed E-state index contributed by atoms with van der Waals surface area (Å²) in [6.07, 6.45) is -0.214. The second-order valence-corrected chi connectivity index (χ2v) is 11.6. The molecule has 2 fully saturated rings. The highest BCUT2D eigenvalue weighted by molar-refractivity contribution is 6.35. The monoisotopic (exact) mass is 660 g/mol. The number of rotatable bonds is 10. The van der Waals surface area contributed by atoms with Crippen molar-refractivity contribution in [2.75, 3.05) is 36.2 Å². The number of benzene rings is 4. The Bertz CT molecular complexity index is 2100. The van der Waals surface area contributed by atoms with Crippen molar-refractivity contribution in [1.29, 1.82) is 0 Å². The normalized spacial score (nSPS) is 18.7. The SMILES string of the molecule is O=C(OCC1CO1)c1ccc2c(c1)C(=O)N(c1ccc(Oc3cccc(N4C(=O)c5ccc(C(=O)OCC6CO6)cc5C4=O)c3)cc1)C2=O. The van der Waals surface area contributed by atoms with Gasteiger partial charge in [-0.05, 0) is 72.8 Å². The summed E-state index contributed by atoms with van der Waals surface area (Å²) in [5, 5.41) is 0. The summed E-state index contributed by atoms with van der Waals surface area (Å²) < 4.78 is 26.5. The minimum atomic E-state index is -0.618. The van der Waals surface area contributed by atoms with Crippen molar-refractivity contribution in [2.24, 2.45) is 0 Å². The summed E-state index contributed by atoms with van der Waals surface area (Å²) in [4.78, 5) is 79.8. The van der Waals surface area contributed by atoms with Gasteiger partial charge in [0.2, 0.25) is 0 Å². The van der Waals surface area contributed by atoms with Gasteiger partial charge in [0, 0.05) is 6.07 Å². The van der Waals surface area contributed by atoms with Crippen LogP contribution in [-0.4, -0.2) is 74.2 Å². The molecule has 4 aromatic carbocycles. The van der Waals surface area contributed by atoms with Crippen LogP contribution in [0.3, 0.4) is 0 Å². The van der Waals surface area contributed by atoms with E-state index in [0.29, 0.717) is 24.7 Å². The molecule has 13 nitrogen and oxygen atoms in total. The smallest absolute Gasteiger partial charge is 0.338 e. The molecule has 0 aromatic heterocycles. The molecule has 2 unspecified atom stereocenters. The zero-order valence-electron chi connectivity index (χ0n) is 25.5. The van der Waals surface area contributed by atoms with E-state index in [9.17, 15) is 28.8 Å². The van der Waals surface area contributed by atoms with Crippen molar-refractivity contribution < 1.29 is 52.5 Å². The maximum absolute atomic E-state index is 13.3. The van der Waals surface area contributed by atoms with Crippen molar-refractivity contribution >= 4 is 46.9 Å². The largest absolute Gasteiger partial charge is 0.459 e. The first-order chi connectivity index (χ1) is 23.7. The lowest BCUT2D eigenvalue weighted by atomic mass is 10.1. The second kappa shape index (κ2) is 11.8. The molecule has 4 amide bonds. The summed E-state index contributed by atoms with van der Waals surface area (Å²) in [5.74, 6) is -2.84. The Morgan fingerprint density at radius 1 is 0.571 bits per heavy atom. The van der Waals surface area contributed by atoms with Gasteiger partial charge < -0.3 is 23.7 Å². The van der Waals surface area contributed by atoms with E-state index in [4.69, 9.17) is 23.7 Å². The third-order valence-corrected chi connectivity index (χ3v) is 8.26. The van der Waals surface area contributed by atoms with Crippen LogP contribution in [-0.2, 0) is 18.9 Å². The van der Waals surface area contributed by atoms with E-state index in [1.54, 1.807) is 30.3 Å². The maximum Gasteiger partial charge on any atom is 0.338 e. The Morgan fingerprint density at radius 2 is 1.06 bits per heavy atom. The van der Waals surface area contributed by atoms with Gasteiger partial charge in [-0.2, -0.15) is 0 Å². The lowest BCUT2D eigenvalue weighted by Gasteiger charge is -2.16. The highest BCUT2D eigenvalue weighted by atomic mass is 16.6. The first kappa shape index (κ1) is 30.2. The Labute approximate surface area is 277 Å². The summed E-state index contributed by atoms with van der Waals surface area (Å²) in [6.45, 7) is 1.30. The van der Waals surface area contributed by atoms with Gasteiger partial charge in [0.05, 0.1) is 58.0 Å². The van der Waals surface area contributed by atoms with E-state index in [2.05, 4.69) is 0 Å². The molecule has 244 valence electrons. The Balaban J connectivity index is 0.950. The molecule has 13 heteroatoms. The van der Waals surface area contributed by atoms with Gasteiger partial charge in [-0.15, -0.1) is 0 Å². The van der Waals surface area contributed by atoms with E-state index in [1.807, 2.05) is 0 Å². The zero-order valence-corrected chi connectivity index (χ0v) is 25.5. The Hall–Kier alpha value is -6.18. The minimum absolute atomic E-state index is 0.0806. The predicted molar refractivity (Wildman–Crippen MR) is 168 cm³/mol. The number of anilines is 2. The van der Waals surface area contributed by atoms with Crippen molar-refractivity contribution in [3.05, 3.63) is 118 Å². The van der Waals surface area contributed by atoms with Crippen LogP contribution >= 0.6 is 0 Å². The van der Waals surface area contributed by atoms with E-state index < -0.39 is 35.6 Å². The number of epoxide rings is 2. The number of amides is 4. The van der Waals surface area contributed by atoms with Crippen LogP contribution in [0.4, 0.5) is 11.4 Å². The number of carbonyl (C=O) groups excluding carboxylic acids is 6. The predicted octanol–water partition coefficient (Wildman–Crippen LogP) is 4.19. The highest BCUT2D eigenvalue weighted by Gasteiger charge is 2.39. The number of imide groups is 2. The Morgan fingerprint density at radius 3 is 1.57 bits per heavy atom. The fourth-order valence-corrected chi connectivity index (χ4v) is 5.52. The van der Waals surface area contributed by atoms with Crippen LogP contribution in [0.25, 0.3) is 0 Å². The van der Waals surface area contributed by atoms with E-state index >= 15 is 0 Å². The topological polar surface area (TPSA) is 162 Å². The molecule has 4 aromatic rings. The van der Waals surface area contributed by atoms with Crippen LogP contribution in [0.1, 0.15) is 62.1 Å². The number of hydrogen-bond acceptors (Lipinski definition) is 11. The molecule has 4 aliphatic heterocycles. The molecule has 4 aliphatic rings. The van der Waals surface area contributed by atoms with Crippen LogP contribution < -0.4 is 14.5 Å². The molecule has 2 saturated heterocycles. The number of carbonyl (C=O) groups is 6. The molecule has 0 aliphatic carbocycles. The maximum atomic E-state index is 13.3. The van der Waals surface area contributed by atoms with E-state index in [-0.39, 0.29) is 70.2 Å². The molecular weight excluding hydrogens is 636 g/mol. The summed E-state index contributed by atoms with van der Waals surface area (Å²) in [7, 11) is 0. The quantitative estimate of drug-likeness (QED) is 0.136. The first-order valence-corrected chi connectivity index (χ1v) is 15.3. The van der Waals surface area contributed by atoms with Gasteiger partial charge in [0.1, 0.15) is 36.9 Å². The van der Waals surface area contributed by atoms with Gasteiger partial charge in [-0.1, -0.05) is 6.07 Å². The average Bonchev–Trinajstić information content (AvgIpc) is 4.06. The molecule has 0 radical (unpaired) electrons. The van der Waals surface area contributed by atoms with Gasteiger partial charge in [-0.3, -0.25) is 19.2 Å². The first-order valence-electron chi connectivity index (χ1n) is 15.3. The number of hydrogen-bond donors (Lipinski definition) is 0. The highest BCUT2D eigenvalue weighted by Crippen LogP contribution is 2.34. The van der Waals surface area contributed by atoms with E-state index in [0.717, 1.165) is 9.80 Å². The minimum Gasteiger partial charge on any atom is -0.459 e. The van der Waals surface area contributed by atoms with Crippen LogP contribution in [0.2, 0.25) is 0 Å². The average molecular weight is 661 g/mol. The third kappa shape index (κ3) is 5.70. The van der Waals surface area contributed by atoms with Gasteiger partial charge in [0.15, 0.2) is 0 Å². The molecule has 0 saturated carbocycles. The molecule has 0 bridgehead atoms. The standard InChI is InChI=1S/C36H24N2O11/c39-31-27-10-4-19(35(43)47-17-25-15-45-25)12-29(27)33(41)37(31)21-6-8-23(9-7-21)49-24-3-1-2-22(14-24)38-32(40)28-11-5-20(13-30(28)34(38)42)36(44)48-18-26-16-46-26/h1-14,25-26H,15-18H2. The Kier molecular flexibility index (Phi) is 7.27. The molecule has 49 heavy (non-hydrogen) atoms. The lowest BCUT2D eigenvalue weighted by molar-refractivity contribution is 0.0468. The second-order valence-electron chi connectivity index (χ2n) is 11.6. The van der Waals surface area contributed by atoms with Gasteiger partial charge >= 0.3 is 11.9 Å².